The summed E-state index contributed by atoms with van der Waals surface area (Å²) in [6, 6.07) is 12.7. The van der Waals surface area contributed by atoms with E-state index in [1.807, 2.05) is 0 Å². The van der Waals surface area contributed by atoms with Crippen LogP contribution in [0.5, 0.6) is 0 Å². The Morgan fingerprint density at radius 1 is 0.458 bits per heavy atom. The second-order valence-corrected chi connectivity index (χ2v) is 5.35. The van der Waals surface area contributed by atoms with Crippen LogP contribution in [-0.4, -0.2) is 0 Å². The Balaban J connectivity index is 2.03. The van der Waals surface area contributed by atoms with Gasteiger partial charge in [0.15, 0.2) is 0 Å². The van der Waals surface area contributed by atoms with E-state index >= 15 is 0 Å². The van der Waals surface area contributed by atoms with E-state index in [9.17, 15) is 26.3 Å². The second kappa shape index (κ2) is 5.54. The van der Waals surface area contributed by atoms with Crippen molar-refractivity contribution in [3.63, 3.8) is 0 Å². The summed E-state index contributed by atoms with van der Waals surface area (Å²) in [5.74, 6) is 0. The molecule has 0 spiro atoms. The summed E-state index contributed by atoms with van der Waals surface area (Å²) in [6.45, 7) is 0. The number of hydrogen-bond acceptors (Lipinski definition) is 0. The SMILES string of the molecule is FC(F)(F)c1ccc(-c2ccc3ccc(C(F)(F)F)cc3c2)cc1. The summed E-state index contributed by atoms with van der Waals surface area (Å²) in [5, 5.41) is 1.00. The molecule has 24 heavy (non-hydrogen) atoms. The topological polar surface area (TPSA) is 0 Å². The van der Waals surface area contributed by atoms with Gasteiger partial charge in [-0.15, -0.1) is 0 Å². The first kappa shape index (κ1) is 16.4. The lowest BCUT2D eigenvalue weighted by atomic mass is 9.99. The normalized spacial score (nSPS) is 12.6. The fraction of sp³-hybridized carbons (Fsp3) is 0.111. The third kappa shape index (κ3) is 3.22. The van der Waals surface area contributed by atoms with Crippen molar-refractivity contribution in [1.29, 1.82) is 0 Å². The Labute approximate surface area is 133 Å². The van der Waals surface area contributed by atoms with E-state index in [0.29, 0.717) is 21.9 Å². The average Bonchev–Trinajstić information content (AvgIpc) is 2.52. The largest absolute Gasteiger partial charge is 0.416 e. The van der Waals surface area contributed by atoms with Gasteiger partial charge in [0.25, 0.3) is 0 Å². The van der Waals surface area contributed by atoms with Crippen molar-refractivity contribution in [1.82, 2.24) is 0 Å². The summed E-state index contributed by atoms with van der Waals surface area (Å²) in [7, 11) is 0. The predicted octanol–water partition coefficient (Wildman–Crippen LogP) is 6.54. The number of benzene rings is 3. The maximum absolute atomic E-state index is 12.8. The number of alkyl halides is 6. The number of fused-ring (bicyclic) bond motifs is 1. The lowest BCUT2D eigenvalue weighted by Crippen LogP contribution is -2.04. The van der Waals surface area contributed by atoms with Crippen LogP contribution in [0.4, 0.5) is 26.3 Å². The minimum absolute atomic E-state index is 0.377. The quantitative estimate of drug-likeness (QED) is 0.441. The van der Waals surface area contributed by atoms with Gasteiger partial charge in [0.1, 0.15) is 0 Å². The summed E-state index contributed by atoms with van der Waals surface area (Å²) >= 11 is 0. The number of rotatable bonds is 1. The molecular formula is C18H10F6. The summed E-state index contributed by atoms with van der Waals surface area (Å²) < 4.78 is 76.1. The van der Waals surface area contributed by atoms with Gasteiger partial charge in [0.2, 0.25) is 0 Å². The van der Waals surface area contributed by atoms with E-state index in [0.717, 1.165) is 24.3 Å². The molecular weight excluding hydrogens is 330 g/mol. The van der Waals surface area contributed by atoms with Gasteiger partial charge in [-0.3, -0.25) is 0 Å². The van der Waals surface area contributed by atoms with E-state index in [4.69, 9.17) is 0 Å². The van der Waals surface area contributed by atoms with Crippen LogP contribution in [0, 0.1) is 0 Å². The van der Waals surface area contributed by atoms with Crippen molar-refractivity contribution in [2.24, 2.45) is 0 Å². The predicted molar refractivity (Wildman–Crippen MR) is 79.4 cm³/mol. The van der Waals surface area contributed by atoms with Gasteiger partial charge in [-0.05, 0) is 52.2 Å². The summed E-state index contributed by atoms with van der Waals surface area (Å²) in [6.07, 6.45) is -8.87. The lowest BCUT2D eigenvalue weighted by Gasteiger charge is -2.10. The van der Waals surface area contributed by atoms with Gasteiger partial charge in [-0.2, -0.15) is 26.3 Å². The Hall–Kier alpha value is -2.50. The highest BCUT2D eigenvalue weighted by Gasteiger charge is 2.31. The van der Waals surface area contributed by atoms with Gasteiger partial charge in [-0.25, -0.2) is 0 Å². The van der Waals surface area contributed by atoms with Crippen LogP contribution in [0.2, 0.25) is 0 Å². The van der Waals surface area contributed by atoms with Gasteiger partial charge in [0, 0.05) is 0 Å². The molecule has 124 valence electrons. The highest BCUT2D eigenvalue weighted by Crippen LogP contribution is 2.34. The monoisotopic (exact) mass is 340 g/mol. The molecule has 6 heteroatoms. The van der Waals surface area contributed by atoms with E-state index < -0.39 is 23.5 Å². The molecule has 0 amide bonds. The Morgan fingerprint density at radius 3 is 1.54 bits per heavy atom. The van der Waals surface area contributed by atoms with Crippen LogP contribution in [0.25, 0.3) is 21.9 Å². The van der Waals surface area contributed by atoms with Crippen LogP contribution in [-0.2, 0) is 12.4 Å². The van der Waals surface area contributed by atoms with Gasteiger partial charge < -0.3 is 0 Å². The second-order valence-electron chi connectivity index (χ2n) is 5.35. The molecule has 0 N–H and O–H groups in total. The van der Waals surface area contributed by atoms with Gasteiger partial charge in [0.05, 0.1) is 11.1 Å². The first-order chi connectivity index (χ1) is 11.1. The van der Waals surface area contributed by atoms with E-state index in [2.05, 4.69) is 0 Å². The molecule has 0 radical (unpaired) electrons. The van der Waals surface area contributed by atoms with Crippen LogP contribution in [0.15, 0.2) is 60.7 Å². The van der Waals surface area contributed by atoms with Crippen molar-refractivity contribution < 1.29 is 26.3 Å². The van der Waals surface area contributed by atoms with E-state index in [1.165, 1.54) is 24.3 Å². The van der Waals surface area contributed by atoms with Crippen LogP contribution in [0.1, 0.15) is 11.1 Å². The molecule has 0 nitrogen and oxygen atoms in total. The zero-order chi connectivity index (χ0) is 17.5. The maximum atomic E-state index is 12.8. The zero-order valence-corrected chi connectivity index (χ0v) is 12.0. The molecule has 3 aromatic carbocycles. The Kier molecular flexibility index (Phi) is 3.78. The minimum atomic E-state index is -4.45. The molecule has 0 saturated heterocycles. The molecule has 0 atom stereocenters. The Bertz CT molecular complexity index is 873. The maximum Gasteiger partial charge on any atom is 0.416 e. The van der Waals surface area contributed by atoms with Crippen LogP contribution in [0.3, 0.4) is 0 Å². The van der Waals surface area contributed by atoms with Gasteiger partial charge >= 0.3 is 12.4 Å². The smallest absolute Gasteiger partial charge is 0.166 e. The average molecular weight is 340 g/mol. The molecule has 0 heterocycles. The van der Waals surface area contributed by atoms with Crippen molar-refractivity contribution >= 4 is 10.8 Å². The molecule has 0 aliphatic rings. The Morgan fingerprint density at radius 2 is 0.958 bits per heavy atom. The summed E-state index contributed by atoms with van der Waals surface area (Å²) in [4.78, 5) is 0. The van der Waals surface area contributed by atoms with Crippen molar-refractivity contribution in [2.45, 2.75) is 12.4 Å². The van der Waals surface area contributed by atoms with Crippen molar-refractivity contribution in [3.8, 4) is 11.1 Å². The number of halogens is 6. The van der Waals surface area contributed by atoms with Crippen LogP contribution >= 0.6 is 0 Å². The molecule has 0 aliphatic heterocycles. The minimum Gasteiger partial charge on any atom is -0.166 e. The zero-order valence-electron chi connectivity index (χ0n) is 12.0. The fourth-order valence-electron chi connectivity index (χ4n) is 2.45. The third-order valence-electron chi connectivity index (χ3n) is 3.71. The molecule has 0 aromatic heterocycles. The summed E-state index contributed by atoms with van der Waals surface area (Å²) in [5.41, 5.74) is -0.483. The standard InChI is InChI=1S/C18H10F6/c19-17(20,21)15-6-3-11(4-7-15)13-2-1-12-5-8-16(18(22,23)24)10-14(12)9-13/h1-10H. The molecule has 0 aliphatic carbocycles. The molecule has 3 aromatic rings. The third-order valence-corrected chi connectivity index (χ3v) is 3.71. The molecule has 0 bridgehead atoms. The van der Waals surface area contributed by atoms with E-state index in [1.54, 1.807) is 12.1 Å². The van der Waals surface area contributed by atoms with Crippen molar-refractivity contribution in [2.75, 3.05) is 0 Å². The first-order valence-electron chi connectivity index (χ1n) is 6.93. The number of hydrogen-bond donors (Lipinski definition) is 0. The van der Waals surface area contributed by atoms with Crippen molar-refractivity contribution in [3.05, 3.63) is 71.8 Å². The highest BCUT2D eigenvalue weighted by molar-refractivity contribution is 5.88. The molecule has 3 rings (SSSR count). The molecule has 0 fully saturated rings. The fourth-order valence-corrected chi connectivity index (χ4v) is 2.45. The van der Waals surface area contributed by atoms with Crippen LogP contribution < -0.4 is 0 Å². The van der Waals surface area contributed by atoms with Gasteiger partial charge in [-0.1, -0.05) is 30.3 Å². The molecule has 0 saturated carbocycles. The first-order valence-corrected chi connectivity index (χ1v) is 6.93. The van der Waals surface area contributed by atoms with E-state index in [-0.39, 0.29) is 0 Å². The molecule has 0 unspecified atom stereocenters. The lowest BCUT2D eigenvalue weighted by molar-refractivity contribution is -0.138. The highest BCUT2D eigenvalue weighted by atomic mass is 19.4.